The van der Waals surface area contributed by atoms with Crippen molar-refractivity contribution in [1.29, 1.82) is 0 Å². The first kappa shape index (κ1) is 22.2. The predicted octanol–water partition coefficient (Wildman–Crippen LogP) is 5.53. The number of methoxy groups -OCH3 is 1. The molecule has 0 unspecified atom stereocenters. The molecule has 7 heteroatoms. The Bertz CT molecular complexity index is 959. The molecule has 1 heterocycles. The molecule has 152 valence electrons. The van der Waals surface area contributed by atoms with Crippen molar-refractivity contribution in [2.24, 2.45) is 0 Å². The minimum atomic E-state index is -2.51. The number of allylic oxidation sites excluding steroid dienone is 4. The normalized spacial score (nSPS) is 11.9. The van der Waals surface area contributed by atoms with Crippen LogP contribution in [0.15, 0.2) is 74.1 Å². The predicted molar refractivity (Wildman–Crippen MR) is 124 cm³/mol. The summed E-state index contributed by atoms with van der Waals surface area (Å²) in [5, 5.41) is 7.07. The van der Waals surface area contributed by atoms with Gasteiger partial charge in [0.1, 0.15) is 12.9 Å². The van der Waals surface area contributed by atoms with E-state index in [1.165, 1.54) is 0 Å². The summed E-state index contributed by atoms with van der Waals surface area (Å²) in [7, 11) is -0.899. The van der Waals surface area contributed by atoms with Crippen molar-refractivity contribution in [3.05, 3.63) is 79.7 Å². The van der Waals surface area contributed by atoms with E-state index in [-0.39, 0.29) is 0 Å². The van der Waals surface area contributed by atoms with E-state index in [1.807, 2.05) is 24.3 Å². The second kappa shape index (κ2) is 10.4. The van der Waals surface area contributed by atoms with Crippen LogP contribution in [-0.4, -0.2) is 37.0 Å². The molecule has 0 aliphatic heterocycles. The van der Waals surface area contributed by atoms with Crippen LogP contribution in [0.1, 0.15) is 5.56 Å². The highest BCUT2D eigenvalue weighted by atomic mass is 31.2. The van der Waals surface area contributed by atoms with Crippen LogP contribution in [0.5, 0.6) is 5.75 Å². The molecule has 6 nitrogen and oxygen atoms in total. The molecule has 0 bridgehead atoms. The standard InChI is InChI=1S/C22H27N4O2P/c1-6-8-9-10-21(29(4,5)27)17-15-24-22(25-16-17)26-19-12-11-18(23-13-7-2)14-20(19)28-3/h6-12,14-16,23H,1-2,13H2,3-5H3,(H,24,25,26)/b9-8-,21-10+. The van der Waals surface area contributed by atoms with Gasteiger partial charge < -0.3 is 19.9 Å². The van der Waals surface area contributed by atoms with E-state index in [0.29, 0.717) is 29.1 Å². The fraction of sp³-hybridized carbons (Fsp3) is 0.182. The van der Waals surface area contributed by atoms with Gasteiger partial charge in [0.2, 0.25) is 5.95 Å². The summed E-state index contributed by atoms with van der Waals surface area (Å²) in [6.45, 7) is 11.4. The Kier molecular flexibility index (Phi) is 7.98. The van der Waals surface area contributed by atoms with Gasteiger partial charge in [0, 0.05) is 41.6 Å². The first-order valence-corrected chi connectivity index (χ1v) is 11.7. The monoisotopic (exact) mass is 410 g/mol. The molecule has 0 radical (unpaired) electrons. The number of nitrogens with one attached hydrogen (secondary N) is 2. The summed E-state index contributed by atoms with van der Waals surface area (Å²) >= 11 is 0. The van der Waals surface area contributed by atoms with Crippen LogP contribution in [0.3, 0.4) is 0 Å². The van der Waals surface area contributed by atoms with E-state index in [2.05, 4.69) is 33.8 Å². The molecule has 0 aliphatic rings. The number of hydrogen-bond acceptors (Lipinski definition) is 6. The van der Waals surface area contributed by atoms with E-state index < -0.39 is 7.14 Å². The van der Waals surface area contributed by atoms with E-state index in [4.69, 9.17) is 4.74 Å². The Morgan fingerprint density at radius 3 is 2.52 bits per heavy atom. The zero-order valence-electron chi connectivity index (χ0n) is 17.1. The third-order valence-corrected chi connectivity index (χ3v) is 5.50. The van der Waals surface area contributed by atoms with Crippen LogP contribution in [-0.2, 0) is 4.57 Å². The van der Waals surface area contributed by atoms with Crippen LogP contribution < -0.4 is 15.4 Å². The Balaban J connectivity index is 2.25. The molecule has 0 spiro atoms. The lowest BCUT2D eigenvalue weighted by molar-refractivity contribution is 0.417. The van der Waals surface area contributed by atoms with Gasteiger partial charge in [0.15, 0.2) is 0 Å². The van der Waals surface area contributed by atoms with Gasteiger partial charge in [-0.2, -0.15) is 0 Å². The number of anilines is 3. The van der Waals surface area contributed by atoms with Gasteiger partial charge in [0.05, 0.1) is 12.8 Å². The second-order valence-electron chi connectivity index (χ2n) is 6.53. The van der Waals surface area contributed by atoms with Crippen molar-refractivity contribution in [1.82, 2.24) is 9.97 Å². The number of aromatic nitrogens is 2. The quantitative estimate of drug-likeness (QED) is 0.305. The third-order valence-electron chi connectivity index (χ3n) is 3.93. The molecule has 0 saturated heterocycles. The molecule has 0 amide bonds. The molecular weight excluding hydrogens is 383 g/mol. The number of ether oxygens (including phenoxy) is 1. The summed E-state index contributed by atoms with van der Waals surface area (Å²) in [6, 6.07) is 5.70. The SMILES string of the molecule is C=C/C=C\C=C(/c1cnc(Nc2ccc(NCC=C)cc2OC)nc1)P(C)(C)=O. The van der Waals surface area contributed by atoms with E-state index in [9.17, 15) is 4.57 Å². The highest BCUT2D eigenvalue weighted by molar-refractivity contribution is 7.72. The van der Waals surface area contributed by atoms with E-state index >= 15 is 0 Å². The molecule has 2 rings (SSSR count). The maximum absolute atomic E-state index is 12.6. The maximum Gasteiger partial charge on any atom is 0.227 e. The average Bonchev–Trinajstić information content (AvgIpc) is 2.70. The molecule has 0 atom stereocenters. The summed E-state index contributed by atoms with van der Waals surface area (Å²) in [6.07, 6.45) is 12.2. The summed E-state index contributed by atoms with van der Waals surface area (Å²) < 4.78 is 18.1. The molecular formula is C22H27N4O2P. The Labute approximate surface area is 172 Å². The number of nitrogens with zero attached hydrogens (tertiary/aromatic N) is 2. The van der Waals surface area contributed by atoms with Crippen molar-refractivity contribution in [2.45, 2.75) is 0 Å². The minimum absolute atomic E-state index is 0.418. The number of hydrogen-bond donors (Lipinski definition) is 2. The molecule has 2 N–H and O–H groups in total. The number of rotatable bonds is 10. The van der Waals surface area contributed by atoms with Crippen molar-refractivity contribution in [2.75, 3.05) is 37.6 Å². The fourth-order valence-corrected chi connectivity index (χ4v) is 3.73. The van der Waals surface area contributed by atoms with Crippen molar-refractivity contribution in [3.63, 3.8) is 0 Å². The number of benzene rings is 1. The minimum Gasteiger partial charge on any atom is -0.494 e. The Morgan fingerprint density at radius 2 is 1.93 bits per heavy atom. The van der Waals surface area contributed by atoms with Crippen LogP contribution in [0.25, 0.3) is 5.31 Å². The molecule has 2 aromatic rings. The first-order chi connectivity index (χ1) is 13.9. The topological polar surface area (TPSA) is 76.1 Å². The second-order valence-corrected chi connectivity index (χ2v) is 9.71. The lowest BCUT2D eigenvalue weighted by Gasteiger charge is -2.14. The highest BCUT2D eigenvalue weighted by Crippen LogP contribution is 2.51. The van der Waals surface area contributed by atoms with Crippen LogP contribution in [0.2, 0.25) is 0 Å². The summed E-state index contributed by atoms with van der Waals surface area (Å²) in [5.74, 6) is 1.08. The maximum atomic E-state index is 12.6. The van der Waals surface area contributed by atoms with Gasteiger partial charge in [0.25, 0.3) is 0 Å². The molecule has 1 aromatic carbocycles. The largest absolute Gasteiger partial charge is 0.494 e. The van der Waals surface area contributed by atoms with Crippen LogP contribution >= 0.6 is 7.14 Å². The lowest BCUT2D eigenvalue weighted by Crippen LogP contribution is -2.02. The first-order valence-electron chi connectivity index (χ1n) is 9.06. The highest BCUT2D eigenvalue weighted by Gasteiger charge is 2.17. The van der Waals surface area contributed by atoms with Crippen molar-refractivity contribution >= 4 is 29.8 Å². The van der Waals surface area contributed by atoms with Gasteiger partial charge in [-0.15, -0.1) is 6.58 Å². The third kappa shape index (κ3) is 6.47. The van der Waals surface area contributed by atoms with Crippen molar-refractivity contribution in [3.8, 4) is 5.75 Å². The molecule has 1 aromatic heterocycles. The van der Waals surface area contributed by atoms with Gasteiger partial charge in [-0.1, -0.05) is 37.0 Å². The van der Waals surface area contributed by atoms with Gasteiger partial charge in [-0.25, -0.2) is 9.97 Å². The smallest absolute Gasteiger partial charge is 0.227 e. The van der Waals surface area contributed by atoms with Gasteiger partial charge in [-0.05, 0) is 25.5 Å². The van der Waals surface area contributed by atoms with Gasteiger partial charge in [-0.3, -0.25) is 0 Å². The van der Waals surface area contributed by atoms with E-state index in [1.54, 1.807) is 57.1 Å². The lowest BCUT2D eigenvalue weighted by atomic mass is 10.2. The average molecular weight is 410 g/mol. The van der Waals surface area contributed by atoms with Crippen LogP contribution in [0, 0.1) is 0 Å². The van der Waals surface area contributed by atoms with E-state index in [0.717, 1.165) is 11.4 Å². The zero-order valence-corrected chi connectivity index (χ0v) is 17.9. The van der Waals surface area contributed by atoms with Gasteiger partial charge >= 0.3 is 0 Å². The van der Waals surface area contributed by atoms with Crippen molar-refractivity contribution < 1.29 is 9.30 Å². The Hall–Kier alpha value is -3.11. The summed E-state index contributed by atoms with van der Waals surface area (Å²) in [4.78, 5) is 8.74. The fourth-order valence-electron chi connectivity index (χ4n) is 2.55. The zero-order chi connectivity index (χ0) is 21.3. The molecule has 0 saturated carbocycles. The Morgan fingerprint density at radius 1 is 1.21 bits per heavy atom. The van der Waals surface area contributed by atoms with Crippen LogP contribution in [0.4, 0.5) is 17.3 Å². The molecule has 29 heavy (non-hydrogen) atoms. The molecule has 0 aliphatic carbocycles. The summed E-state index contributed by atoms with van der Waals surface area (Å²) in [5.41, 5.74) is 2.38. The molecule has 0 fully saturated rings.